The summed E-state index contributed by atoms with van der Waals surface area (Å²) in [5.74, 6) is -0.0185. The largest absolute Gasteiger partial charge is 0.353 e. The minimum absolute atomic E-state index is 0.137. The van der Waals surface area contributed by atoms with E-state index in [1.165, 1.54) is 11.8 Å². The molecule has 0 fully saturated rings. The van der Waals surface area contributed by atoms with E-state index in [0.717, 1.165) is 16.3 Å². The van der Waals surface area contributed by atoms with Crippen molar-refractivity contribution in [1.82, 2.24) is 14.5 Å². The Morgan fingerprint density at radius 1 is 1.13 bits per heavy atom. The van der Waals surface area contributed by atoms with Crippen LogP contribution in [0.1, 0.15) is 5.69 Å². The van der Waals surface area contributed by atoms with Gasteiger partial charge in [0.25, 0.3) is 5.56 Å². The summed E-state index contributed by atoms with van der Waals surface area (Å²) in [7, 11) is 0. The Balaban J connectivity index is 1.63. The first-order chi connectivity index (χ1) is 14.5. The minimum Gasteiger partial charge on any atom is -0.353 e. The third-order valence-corrected chi connectivity index (χ3v) is 6.12. The van der Waals surface area contributed by atoms with Crippen molar-refractivity contribution in [3.05, 3.63) is 76.7 Å². The number of fused-ring (bicyclic) bond motifs is 1. The molecular formula is C22H20N4O2S2. The Labute approximate surface area is 182 Å². The van der Waals surface area contributed by atoms with Crippen molar-refractivity contribution in [1.29, 1.82) is 0 Å². The Hall–Kier alpha value is -2.97. The molecule has 4 aromatic rings. The van der Waals surface area contributed by atoms with Crippen LogP contribution >= 0.6 is 23.5 Å². The fraction of sp³-hybridized carbons (Fsp3) is 0.136. The monoisotopic (exact) mass is 436 g/mol. The summed E-state index contributed by atoms with van der Waals surface area (Å²) >= 11 is 2.86. The molecule has 8 heteroatoms. The van der Waals surface area contributed by atoms with Crippen LogP contribution in [0.4, 0.5) is 5.69 Å². The second-order valence-corrected chi connectivity index (χ2v) is 8.47. The summed E-state index contributed by atoms with van der Waals surface area (Å²) in [6, 6.07) is 18.8. The molecule has 0 aliphatic rings. The molecule has 2 aromatic carbocycles. The van der Waals surface area contributed by atoms with Gasteiger partial charge in [-0.3, -0.25) is 14.2 Å². The Morgan fingerprint density at radius 2 is 1.93 bits per heavy atom. The number of hydrogen-bond acceptors (Lipinski definition) is 5. The zero-order valence-electron chi connectivity index (χ0n) is 16.5. The van der Waals surface area contributed by atoms with Crippen molar-refractivity contribution in [3.63, 3.8) is 0 Å². The van der Waals surface area contributed by atoms with Gasteiger partial charge in [-0.1, -0.05) is 36.0 Å². The molecule has 0 aliphatic heterocycles. The third kappa shape index (κ3) is 4.29. The van der Waals surface area contributed by atoms with Crippen LogP contribution in [-0.4, -0.2) is 32.5 Å². The van der Waals surface area contributed by atoms with E-state index in [2.05, 4.69) is 15.3 Å². The number of hydrogen-bond donors (Lipinski definition) is 2. The molecule has 2 aromatic heterocycles. The predicted molar refractivity (Wildman–Crippen MR) is 124 cm³/mol. The summed E-state index contributed by atoms with van der Waals surface area (Å²) in [5.41, 5.74) is 3.19. The summed E-state index contributed by atoms with van der Waals surface area (Å²) in [6.07, 6.45) is 1.99. The molecule has 0 saturated heterocycles. The van der Waals surface area contributed by atoms with Crippen molar-refractivity contribution in [3.8, 4) is 5.69 Å². The van der Waals surface area contributed by atoms with Crippen LogP contribution in [-0.2, 0) is 4.79 Å². The van der Waals surface area contributed by atoms with Gasteiger partial charge < -0.3 is 10.3 Å². The number of benzene rings is 2. The number of nitrogens with zero attached hydrogens (tertiary/aromatic N) is 2. The van der Waals surface area contributed by atoms with Gasteiger partial charge in [0.05, 0.1) is 17.0 Å². The second-order valence-electron chi connectivity index (χ2n) is 6.65. The average molecular weight is 437 g/mol. The maximum absolute atomic E-state index is 13.1. The van der Waals surface area contributed by atoms with Gasteiger partial charge in [0, 0.05) is 16.3 Å². The van der Waals surface area contributed by atoms with Crippen LogP contribution in [0, 0.1) is 6.92 Å². The second kappa shape index (κ2) is 8.81. The number of para-hydroxylation sites is 1. The normalized spacial score (nSPS) is 11.0. The van der Waals surface area contributed by atoms with Crippen molar-refractivity contribution in [2.45, 2.75) is 17.0 Å². The minimum atomic E-state index is -0.185. The van der Waals surface area contributed by atoms with Gasteiger partial charge in [-0.25, -0.2) is 4.98 Å². The molecule has 0 radical (unpaired) electrons. The molecule has 0 aliphatic carbocycles. The molecule has 30 heavy (non-hydrogen) atoms. The number of aryl methyl sites for hydroxylation is 1. The van der Waals surface area contributed by atoms with Gasteiger partial charge >= 0.3 is 0 Å². The molecule has 2 N–H and O–H groups in total. The summed E-state index contributed by atoms with van der Waals surface area (Å²) < 4.78 is 1.55. The molecule has 152 valence electrons. The van der Waals surface area contributed by atoms with Gasteiger partial charge in [-0.2, -0.15) is 0 Å². The first kappa shape index (κ1) is 20.3. The summed E-state index contributed by atoms with van der Waals surface area (Å²) in [4.78, 5) is 34.5. The van der Waals surface area contributed by atoms with Crippen LogP contribution in [0.2, 0.25) is 0 Å². The lowest BCUT2D eigenvalue weighted by Gasteiger charge is -2.12. The van der Waals surface area contributed by atoms with E-state index in [0.29, 0.717) is 21.9 Å². The van der Waals surface area contributed by atoms with E-state index in [-0.39, 0.29) is 17.2 Å². The van der Waals surface area contributed by atoms with E-state index in [1.54, 1.807) is 16.3 Å². The summed E-state index contributed by atoms with van der Waals surface area (Å²) in [6.45, 7) is 1.89. The highest BCUT2D eigenvalue weighted by molar-refractivity contribution is 7.99. The number of aromatic amines is 1. The molecule has 0 bridgehead atoms. The smallest absolute Gasteiger partial charge is 0.283 e. The van der Waals surface area contributed by atoms with Crippen LogP contribution in [0.25, 0.3) is 16.7 Å². The SMILES string of the molecule is CSc1cccc(NC(=O)CSc2nc3cc(C)[nH]c3c(=O)n2-c2ccccc2)c1. The average Bonchev–Trinajstić information content (AvgIpc) is 3.13. The number of H-pyrrole nitrogens is 1. The molecule has 2 heterocycles. The van der Waals surface area contributed by atoms with Crippen molar-refractivity contribution in [2.24, 2.45) is 0 Å². The molecule has 0 spiro atoms. The van der Waals surface area contributed by atoms with E-state index in [9.17, 15) is 9.59 Å². The maximum Gasteiger partial charge on any atom is 0.283 e. The number of anilines is 1. The number of carbonyl (C=O) groups excluding carboxylic acids is 1. The van der Waals surface area contributed by atoms with Gasteiger partial charge in [-0.05, 0) is 49.6 Å². The Kier molecular flexibility index (Phi) is 5.96. The number of nitrogens with one attached hydrogen (secondary N) is 2. The van der Waals surface area contributed by atoms with Crippen molar-refractivity contribution < 1.29 is 4.79 Å². The Morgan fingerprint density at radius 3 is 2.70 bits per heavy atom. The predicted octanol–water partition coefficient (Wildman–Crippen LogP) is 4.47. The van der Waals surface area contributed by atoms with Crippen LogP contribution in [0.5, 0.6) is 0 Å². The lowest BCUT2D eigenvalue weighted by atomic mass is 10.3. The number of thioether (sulfide) groups is 2. The maximum atomic E-state index is 13.1. The standard InChI is InChI=1S/C22H20N4O2S2/c1-14-11-18-20(23-14)21(28)26(16-8-4-3-5-9-16)22(25-18)30-13-19(27)24-15-7-6-10-17(12-15)29-2/h3-12,23H,13H2,1-2H3,(H,24,27). The molecule has 0 atom stereocenters. The first-order valence-electron chi connectivity index (χ1n) is 9.29. The highest BCUT2D eigenvalue weighted by Crippen LogP contribution is 2.23. The molecule has 0 unspecified atom stereocenters. The van der Waals surface area contributed by atoms with E-state index < -0.39 is 0 Å². The number of carbonyl (C=O) groups is 1. The number of amides is 1. The van der Waals surface area contributed by atoms with E-state index >= 15 is 0 Å². The quantitative estimate of drug-likeness (QED) is 0.344. The van der Waals surface area contributed by atoms with Crippen LogP contribution < -0.4 is 10.9 Å². The lowest BCUT2D eigenvalue weighted by Crippen LogP contribution is -2.23. The zero-order valence-corrected chi connectivity index (χ0v) is 18.1. The van der Waals surface area contributed by atoms with Gasteiger partial charge in [-0.15, -0.1) is 11.8 Å². The molecule has 0 saturated carbocycles. The van der Waals surface area contributed by atoms with Gasteiger partial charge in [0.2, 0.25) is 5.91 Å². The van der Waals surface area contributed by atoms with Crippen LogP contribution in [0.3, 0.4) is 0 Å². The van der Waals surface area contributed by atoms with Gasteiger partial charge in [0.15, 0.2) is 5.16 Å². The first-order valence-corrected chi connectivity index (χ1v) is 11.5. The fourth-order valence-electron chi connectivity index (χ4n) is 3.11. The van der Waals surface area contributed by atoms with Crippen molar-refractivity contribution in [2.75, 3.05) is 17.3 Å². The fourth-order valence-corrected chi connectivity index (χ4v) is 4.38. The van der Waals surface area contributed by atoms with Crippen molar-refractivity contribution >= 4 is 46.2 Å². The molecule has 6 nitrogen and oxygen atoms in total. The molecular weight excluding hydrogens is 416 g/mol. The number of aromatic nitrogens is 3. The van der Waals surface area contributed by atoms with E-state index in [4.69, 9.17) is 0 Å². The molecule has 4 rings (SSSR count). The summed E-state index contributed by atoms with van der Waals surface area (Å²) in [5, 5.41) is 3.39. The lowest BCUT2D eigenvalue weighted by molar-refractivity contribution is -0.113. The Bertz CT molecular complexity index is 1270. The van der Waals surface area contributed by atoms with E-state index in [1.807, 2.05) is 73.8 Å². The number of rotatable bonds is 6. The molecule has 1 amide bonds. The highest BCUT2D eigenvalue weighted by atomic mass is 32.2. The third-order valence-electron chi connectivity index (χ3n) is 4.46. The van der Waals surface area contributed by atoms with Crippen LogP contribution in [0.15, 0.2) is 75.5 Å². The zero-order chi connectivity index (χ0) is 21.1. The topological polar surface area (TPSA) is 79.8 Å². The highest BCUT2D eigenvalue weighted by Gasteiger charge is 2.16. The van der Waals surface area contributed by atoms with Gasteiger partial charge in [0.1, 0.15) is 5.52 Å².